The number of aromatic amines is 3. The fourth-order valence-electron chi connectivity index (χ4n) is 11.9. The third-order valence-electron chi connectivity index (χ3n) is 18.3. The number of rotatable bonds is 25. The molecule has 0 radical (unpaired) electrons. The minimum Gasteiger partial charge on any atom is -0.481 e. The second kappa shape index (κ2) is 43.8. The van der Waals surface area contributed by atoms with Crippen LogP contribution in [0.4, 0.5) is 4.39 Å². The summed E-state index contributed by atoms with van der Waals surface area (Å²) in [5.74, 6) is -21.3. The van der Waals surface area contributed by atoms with E-state index in [1.165, 1.54) is 51.8 Å². The second-order valence-corrected chi connectivity index (χ2v) is 30.2. The summed E-state index contributed by atoms with van der Waals surface area (Å²) in [6.07, 6.45) is 0.274. The SMILES string of the molecule is CC[C@H](C)[C@H](NC(C)=O)C(=O)N[C@H]1CSSC[C@@H](C(=O)N[C@H](C(N)=O)[C@@H](C)O)NC(=O)[C@H](CCCNC(=N)N)NC(=O)[C@H](Cc2c[nH]cn2)NC(=O)[C@H](C)NC(=O)CNC(=O)[C@H](Cc2c[nH]c3ccccc23)NC(=O)[C@H](CC(=O)O)NC(=O)[C@H](CCC(N)=O)NC(=O)[C@H](Cc2c[nH]c3ccc(F)cc23)NC(=O)[C@H](C(C)C)NC1=O. The number of nitrogens with zero attached hydrogens (tertiary/aromatic N) is 1. The largest absolute Gasteiger partial charge is 0.481 e. The average Bonchev–Trinajstić information content (AvgIpc) is 1.59. The molecule has 1 aliphatic rings. The van der Waals surface area contributed by atoms with E-state index in [4.69, 9.17) is 22.6 Å². The Hall–Kier alpha value is -11.9. The van der Waals surface area contributed by atoms with Gasteiger partial charge >= 0.3 is 5.97 Å². The summed E-state index contributed by atoms with van der Waals surface area (Å²) < 4.78 is 15.0. The van der Waals surface area contributed by atoms with Crippen LogP contribution < -0.4 is 91.6 Å². The summed E-state index contributed by atoms with van der Waals surface area (Å²) in [4.78, 5) is 238. The van der Waals surface area contributed by atoms with E-state index in [2.05, 4.69) is 94.4 Å². The highest BCUT2D eigenvalue weighted by Crippen LogP contribution is 2.26. The zero-order valence-corrected chi connectivity index (χ0v) is 65.1. The number of hydrogen-bond donors (Lipinski definition) is 23. The van der Waals surface area contributed by atoms with Crippen molar-refractivity contribution in [3.8, 4) is 0 Å². The van der Waals surface area contributed by atoms with Gasteiger partial charge in [-0.15, -0.1) is 0 Å². The molecule has 4 heterocycles. The van der Waals surface area contributed by atoms with Crippen LogP contribution >= 0.6 is 21.6 Å². The first kappa shape index (κ1) is 91.0. The van der Waals surface area contributed by atoms with Crippen LogP contribution in [0.3, 0.4) is 0 Å². The van der Waals surface area contributed by atoms with E-state index < -0.39 is 241 Å². The Labute approximate surface area is 660 Å². The Morgan fingerprint density at radius 1 is 0.649 bits per heavy atom. The molecule has 0 spiro atoms. The highest BCUT2D eigenvalue weighted by molar-refractivity contribution is 8.76. The number of carboxylic acid groups (broad SMARTS) is 1. The number of nitrogens with one attached hydrogen (secondary N) is 18. The number of primary amides is 2. The summed E-state index contributed by atoms with van der Waals surface area (Å²) in [6, 6.07) is -9.96. The van der Waals surface area contributed by atoms with Gasteiger partial charge in [-0.05, 0) is 80.3 Å². The van der Waals surface area contributed by atoms with Crippen LogP contribution in [0.25, 0.3) is 21.8 Å². The van der Waals surface area contributed by atoms with Crippen LogP contribution in [0.1, 0.15) is 104 Å². The molecule has 1 fully saturated rings. The first-order valence-corrected chi connectivity index (χ1v) is 38.9. The van der Waals surface area contributed by atoms with E-state index in [1.54, 1.807) is 38.1 Å². The number of guanidine groups is 1. The van der Waals surface area contributed by atoms with Crippen molar-refractivity contribution in [2.75, 3.05) is 24.6 Å². The van der Waals surface area contributed by atoms with E-state index in [-0.39, 0.29) is 48.9 Å². The Kier molecular flexibility index (Phi) is 35.0. The number of amides is 15. The van der Waals surface area contributed by atoms with Crippen LogP contribution in [0.15, 0.2) is 67.4 Å². The van der Waals surface area contributed by atoms with E-state index >= 15 is 14.4 Å². The molecule has 3 aromatic heterocycles. The normalized spacial score (nSPS) is 22.6. The minimum absolute atomic E-state index is 0.0154. The topological polar surface area (TPSA) is 644 Å². The molecule has 0 saturated carbocycles. The number of benzene rings is 2. The van der Waals surface area contributed by atoms with Gasteiger partial charge in [0.15, 0.2) is 5.96 Å². The lowest BCUT2D eigenvalue weighted by Gasteiger charge is -2.29. The Morgan fingerprint density at radius 2 is 1.22 bits per heavy atom. The van der Waals surface area contributed by atoms with Gasteiger partial charge in [-0.25, -0.2) is 9.37 Å². The first-order chi connectivity index (χ1) is 53.9. The molecule has 114 heavy (non-hydrogen) atoms. The molecular weight excluding hydrogens is 1530 g/mol. The number of halogens is 1. The number of aliphatic carboxylic acids is 1. The lowest BCUT2D eigenvalue weighted by Crippen LogP contribution is -2.61. The molecule has 0 unspecified atom stereocenters. The molecule has 26 N–H and O–H groups in total. The Bertz CT molecular complexity index is 4310. The van der Waals surface area contributed by atoms with E-state index in [0.29, 0.717) is 28.4 Å². The van der Waals surface area contributed by atoms with Crippen molar-refractivity contribution in [1.29, 1.82) is 5.41 Å². The number of aromatic nitrogens is 4. The molecule has 40 nitrogen and oxygen atoms in total. The van der Waals surface area contributed by atoms with Crippen molar-refractivity contribution < 1.29 is 91.3 Å². The predicted octanol–water partition coefficient (Wildman–Crippen LogP) is -4.52. The van der Waals surface area contributed by atoms with Crippen LogP contribution in [-0.2, 0) is 96.0 Å². The number of H-pyrrole nitrogens is 3. The summed E-state index contributed by atoms with van der Waals surface area (Å²) in [7, 11) is 1.59. The first-order valence-electron chi connectivity index (χ1n) is 36.4. The number of carboxylic acids is 1. The molecule has 0 aliphatic carbocycles. The van der Waals surface area contributed by atoms with Crippen LogP contribution in [0.2, 0.25) is 0 Å². The molecule has 0 bridgehead atoms. The highest BCUT2D eigenvalue weighted by atomic mass is 33.1. The number of aliphatic hydroxyl groups is 1. The fraction of sp³-hybridized carbons (Fsp3) is 0.493. The van der Waals surface area contributed by atoms with Crippen molar-refractivity contribution >= 4 is 144 Å². The smallest absolute Gasteiger partial charge is 0.305 e. The third-order valence-corrected chi connectivity index (χ3v) is 20.7. The molecular formula is C71H99FN22O18S2. The molecule has 15 amide bonds. The van der Waals surface area contributed by atoms with Crippen molar-refractivity contribution in [3.05, 3.63) is 90.0 Å². The number of carbonyl (C=O) groups is 16. The quantitative estimate of drug-likeness (QED) is 0.0113. The molecule has 6 rings (SSSR count). The van der Waals surface area contributed by atoms with Gasteiger partial charge in [-0.1, -0.05) is 73.9 Å². The average molecular weight is 1630 g/mol. The summed E-state index contributed by atoms with van der Waals surface area (Å²) in [5, 5.41) is 64.1. The number of imidazole rings is 1. The number of aliphatic hydroxyl groups excluding tert-OH is 1. The van der Waals surface area contributed by atoms with Gasteiger partial charge in [0.1, 0.15) is 78.3 Å². The predicted molar refractivity (Wildman–Crippen MR) is 414 cm³/mol. The Morgan fingerprint density at radius 3 is 1.82 bits per heavy atom. The molecule has 43 heteroatoms. The summed E-state index contributed by atoms with van der Waals surface area (Å²) >= 11 is 0. The molecule has 2 aromatic carbocycles. The van der Waals surface area contributed by atoms with Crippen LogP contribution in [0, 0.1) is 23.1 Å². The van der Waals surface area contributed by atoms with E-state index in [0.717, 1.165) is 47.6 Å². The van der Waals surface area contributed by atoms with Gasteiger partial charge < -0.3 is 117 Å². The van der Waals surface area contributed by atoms with Crippen molar-refractivity contribution in [2.24, 2.45) is 29.0 Å². The zero-order chi connectivity index (χ0) is 84.2. The molecule has 1 saturated heterocycles. The maximum atomic E-state index is 15.1. The number of hydrogen-bond acceptors (Lipinski definition) is 21. The van der Waals surface area contributed by atoms with Gasteiger partial charge in [0.25, 0.3) is 0 Å². The van der Waals surface area contributed by atoms with Crippen molar-refractivity contribution in [2.45, 2.75) is 185 Å². The van der Waals surface area contributed by atoms with E-state index in [9.17, 15) is 76.9 Å². The zero-order valence-electron chi connectivity index (χ0n) is 63.5. The highest BCUT2D eigenvalue weighted by Gasteiger charge is 2.39. The molecule has 5 aromatic rings. The lowest BCUT2D eigenvalue weighted by molar-refractivity contribution is -0.141. The minimum atomic E-state index is -2.10. The maximum absolute atomic E-state index is 15.1. The van der Waals surface area contributed by atoms with Gasteiger partial charge in [0.2, 0.25) is 88.6 Å². The number of fused-ring (bicyclic) bond motifs is 2. The number of nitrogens with two attached hydrogens (primary N) is 3. The van der Waals surface area contributed by atoms with Crippen molar-refractivity contribution in [3.63, 3.8) is 0 Å². The number of carbonyl (C=O) groups excluding carboxylic acids is 15. The number of para-hydroxylation sites is 1. The van der Waals surface area contributed by atoms with Gasteiger partial charge in [-0.3, -0.25) is 82.1 Å². The summed E-state index contributed by atoms with van der Waals surface area (Å²) in [5.41, 5.74) is 18.4. The molecule has 1 aliphatic heterocycles. The van der Waals surface area contributed by atoms with Gasteiger partial charge in [0, 0.05) is 91.1 Å². The van der Waals surface area contributed by atoms with E-state index in [1.807, 2.05) is 0 Å². The van der Waals surface area contributed by atoms with Gasteiger partial charge in [-0.2, -0.15) is 0 Å². The van der Waals surface area contributed by atoms with Crippen LogP contribution in [0.5, 0.6) is 0 Å². The third kappa shape index (κ3) is 28.1. The van der Waals surface area contributed by atoms with Crippen molar-refractivity contribution in [1.82, 2.24) is 94.4 Å². The second-order valence-electron chi connectivity index (χ2n) is 27.6. The Balaban J connectivity index is 1.48. The molecule has 14 atom stereocenters. The fourth-order valence-corrected chi connectivity index (χ4v) is 14.2. The van der Waals surface area contributed by atoms with Crippen LogP contribution in [-0.4, -0.2) is 234 Å². The maximum Gasteiger partial charge on any atom is 0.305 e. The lowest BCUT2D eigenvalue weighted by atomic mass is 9.97. The standard InChI is InChI=1S/C71H99FN22O18S2/c1-8-33(4)57(84-36(7)96)70(112)92-52-30-114-113-29-51(68(110)94-58(35(6)95)59(74)101)91-62(104)45(14-11-19-78-71(75)76)85-65(107)49(23-40-27-77-31-82-40)87-60(102)34(5)83-54(98)28-81-61(103)47(20-37-25-79-43-13-10-9-12-41(37)43)88-66(108)50(24-55(99)100)89-63(105)46(17-18-53(73)97)86-64(106)48(90-69(111)56(32(2)3)93-67(52)109)21-38-26-80-44-16-15-39(72)22-42(38)44/h9-10,12-13,15-16,22,25-27,31-35,45-52,56-58,79-80,95H,8,11,14,17-21,23-24,28-30H2,1-7H3,(H2,73,97)(H2,74,101)(H,77,82)(H,81,103)(H,83,98)(H,84,96)(H,85,107)(H,86,106)(H,87,102)(H,88,108)(H,89,105)(H,90,111)(H,91,104)(H,92,112)(H,93,109)(H,94,110)(H,99,100)(H4,75,76,78)/t33-,34-,35+,45-,46-,47-,48-,49-,50-,51-,52-,56-,57-,58-/m0/s1. The summed E-state index contributed by atoms with van der Waals surface area (Å²) in [6.45, 7) is 8.92. The van der Waals surface area contributed by atoms with Gasteiger partial charge in [0.05, 0.1) is 31.1 Å². The monoisotopic (exact) mass is 1630 g/mol. The molecule has 620 valence electrons.